The highest BCUT2D eigenvalue weighted by Gasteiger charge is 2.11. The second kappa shape index (κ2) is 7.46. The first kappa shape index (κ1) is 15.1. The molecule has 4 heteroatoms. The van der Waals surface area contributed by atoms with E-state index in [0.29, 0.717) is 5.92 Å². The molecule has 1 unspecified atom stereocenters. The van der Waals surface area contributed by atoms with Gasteiger partial charge in [0, 0.05) is 30.9 Å². The molecule has 20 heavy (non-hydrogen) atoms. The molecule has 1 heterocycles. The van der Waals surface area contributed by atoms with Crippen LogP contribution in [-0.4, -0.2) is 23.1 Å². The quantitative estimate of drug-likeness (QED) is 0.849. The van der Waals surface area contributed by atoms with Crippen molar-refractivity contribution in [2.75, 3.05) is 13.6 Å². The minimum Gasteiger partial charge on any atom is -0.338 e. The summed E-state index contributed by atoms with van der Waals surface area (Å²) < 4.78 is 2.10. The van der Waals surface area contributed by atoms with Gasteiger partial charge in [-0.05, 0) is 50.0 Å². The summed E-state index contributed by atoms with van der Waals surface area (Å²) in [6.07, 6.45) is 7.09. The van der Waals surface area contributed by atoms with Crippen LogP contribution in [0.5, 0.6) is 0 Å². The molecule has 1 aromatic carbocycles. The van der Waals surface area contributed by atoms with Gasteiger partial charge in [-0.2, -0.15) is 0 Å². The van der Waals surface area contributed by atoms with Gasteiger partial charge in [-0.25, -0.2) is 4.98 Å². The Hall–Kier alpha value is -1.32. The number of aromatic nitrogens is 2. The fraction of sp³-hybridized carbons (Fsp3) is 0.438. The zero-order valence-corrected chi connectivity index (χ0v) is 12.9. The molecule has 2 rings (SSSR count). The Bertz CT molecular complexity index is 519. The molecular formula is C16H22ClN3. The molecule has 3 nitrogen and oxygen atoms in total. The lowest BCUT2D eigenvalue weighted by molar-refractivity contribution is 0.454. The Kier molecular flexibility index (Phi) is 5.62. The Morgan fingerprint density at radius 3 is 2.65 bits per heavy atom. The maximum atomic E-state index is 5.93. The van der Waals surface area contributed by atoms with Crippen LogP contribution in [0.2, 0.25) is 5.02 Å². The number of benzene rings is 1. The van der Waals surface area contributed by atoms with Crippen LogP contribution in [0.15, 0.2) is 36.7 Å². The van der Waals surface area contributed by atoms with Crippen LogP contribution in [-0.2, 0) is 19.9 Å². The van der Waals surface area contributed by atoms with Crippen molar-refractivity contribution in [1.29, 1.82) is 0 Å². The summed E-state index contributed by atoms with van der Waals surface area (Å²) >= 11 is 5.93. The van der Waals surface area contributed by atoms with Gasteiger partial charge in [0.05, 0.1) is 0 Å². The van der Waals surface area contributed by atoms with Gasteiger partial charge in [-0.3, -0.25) is 0 Å². The van der Waals surface area contributed by atoms with Gasteiger partial charge in [-0.15, -0.1) is 0 Å². The summed E-state index contributed by atoms with van der Waals surface area (Å²) in [5.74, 6) is 1.76. The molecule has 0 saturated carbocycles. The highest BCUT2D eigenvalue weighted by molar-refractivity contribution is 6.30. The third-order valence-electron chi connectivity index (χ3n) is 3.63. The molecule has 0 radical (unpaired) electrons. The zero-order valence-electron chi connectivity index (χ0n) is 12.1. The summed E-state index contributed by atoms with van der Waals surface area (Å²) in [6.45, 7) is 1.02. The summed E-state index contributed by atoms with van der Waals surface area (Å²) in [4.78, 5) is 4.39. The van der Waals surface area contributed by atoms with Crippen LogP contribution in [0, 0.1) is 5.92 Å². The van der Waals surface area contributed by atoms with Gasteiger partial charge in [0.25, 0.3) is 0 Å². The first-order valence-corrected chi connectivity index (χ1v) is 7.42. The monoisotopic (exact) mass is 291 g/mol. The maximum Gasteiger partial charge on any atom is 0.108 e. The highest BCUT2D eigenvalue weighted by atomic mass is 35.5. The fourth-order valence-electron chi connectivity index (χ4n) is 2.49. The van der Waals surface area contributed by atoms with Gasteiger partial charge < -0.3 is 9.88 Å². The number of imidazole rings is 1. The molecular weight excluding hydrogens is 270 g/mol. The summed E-state index contributed by atoms with van der Waals surface area (Å²) in [5, 5.41) is 4.09. The highest BCUT2D eigenvalue weighted by Crippen LogP contribution is 2.17. The maximum absolute atomic E-state index is 5.93. The van der Waals surface area contributed by atoms with Crippen molar-refractivity contribution in [1.82, 2.24) is 14.9 Å². The molecule has 1 atom stereocenters. The molecule has 0 spiro atoms. The van der Waals surface area contributed by atoms with Crippen LogP contribution in [0.4, 0.5) is 0 Å². The van der Waals surface area contributed by atoms with E-state index in [-0.39, 0.29) is 0 Å². The van der Waals surface area contributed by atoms with E-state index in [1.165, 1.54) is 5.56 Å². The van der Waals surface area contributed by atoms with E-state index in [0.717, 1.165) is 36.7 Å². The van der Waals surface area contributed by atoms with E-state index in [4.69, 9.17) is 11.6 Å². The van der Waals surface area contributed by atoms with Gasteiger partial charge in [0.15, 0.2) is 0 Å². The minimum atomic E-state index is 0.609. The lowest BCUT2D eigenvalue weighted by atomic mass is 9.94. The molecule has 1 aromatic heterocycles. The average Bonchev–Trinajstić information content (AvgIpc) is 2.84. The van der Waals surface area contributed by atoms with Gasteiger partial charge in [-0.1, -0.05) is 23.7 Å². The Morgan fingerprint density at radius 2 is 2.05 bits per heavy atom. The Labute approximate surface area is 126 Å². The van der Waals surface area contributed by atoms with E-state index < -0.39 is 0 Å². The largest absolute Gasteiger partial charge is 0.338 e. The molecule has 1 N–H and O–H groups in total. The molecule has 0 aliphatic heterocycles. The summed E-state index contributed by atoms with van der Waals surface area (Å²) in [7, 11) is 4.06. The number of aryl methyl sites for hydroxylation is 2. The molecule has 0 bridgehead atoms. The first-order chi connectivity index (χ1) is 9.69. The van der Waals surface area contributed by atoms with Gasteiger partial charge >= 0.3 is 0 Å². The molecule has 0 amide bonds. The number of nitrogens with zero attached hydrogens (tertiary/aromatic N) is 2. The van der Waals surface area contributed by atoms with E-state index >= 15 is 0 Å². The molecule has 0 fully saturated rings. The average molecular weight is 292 g/mol. The lowest BCUT2D eigenvalue weighted by Gasteiger charge is -2.16. The first-order valence-electron chi connectivity index (χ1n) is 7.04. The SMILES string of the molecule is CNCC(CCc1nccn1C)Cc1ccc(Cl)cc1. The Balaban J connectivity index is 1.93. The van der Waals surface area contributed by atoms with Crippen molar-refractivity contribution >= 4 is 11.6 Å². The molecule has 0 saturated heterocycles. The van der Waals surface area contributed by atoms with E-state index in [1.807, 2.05) is 31.6 Å². The second-order valence-electron chi connectivity index (χ2n) is 5.25. The topological polar surface area (TPSA) is 29.9 Å². The fourth-order valence-corrected chi connectivity index (χ4v) is 2.62. The Morgan fingerprint density at radius 1 is 1.30 bits per heavy atom. The number of hydrogen-bond donors (Lipinski definition) is 1. The predicted molar refractivity (Wildman–Crippen MR) is 84.1 cm³/mol. The number of rotatable bonds is 7. The third kappa shape index (κ3) is 4.36. The van der Waals surface area contributed by atoms with Crippen molar-refractivity contribution in [3.05, 3.63) is 53.1 Å². The van der Waals surface area contributed by atoms with Crippen LogP contribution in [0.1, 0.15) is 17.8 Å². The smallest absolute Gasteiger partial charge is 0.108 e. The standard InChI is InChI=1S/C16H22ClN3/c1-18-12-14(5-8-16-19-9-10-20(16)2)11-13-3-6-15(17)7-4-13/h3-4,6-7,9-10,14,18H,5,8,11-12H2,1-2H3. The predicted octanol–water partition coefficient (Wildman–Crippen LogP) is 3.08. The van der Waals surface area contributed by atoms with Crippen molar-refractivity contribution in [2.45, 2.75) is 19.3 Å². The zero-order chi connectivity index (χ0) is 14.4. The van der Waals surface area contributed by atoms with Crippen LogP contribution in [0.25, 0.3) is 0 Å². The number of hydrogen-bond acceptors (Lipinski definition) is 2. The van der Waals surface area contributed by atoms with Crippen molar-refractivity contribution in [2.24, 2.45) is 13.0 Å². The minimum absolute atomic E-state index is 0.609. The third-order valence-corrected chi connectivity index (χ3v) is 3.88. The summed E-state index contributed by atoms with van der Waals surface area (Å²) in [6, 6.07) is 8.16. The van der Waals surface area contributed by atoms with Crippen LogP contribution < -0.4 is 5.32 Å². The molecule has 0 aliphatic carbocycles. The molecule has 0 aliphatic rings. The number of halogens is 1. The van der Waals surface area contributed by atoms with E-state index in [2.05, 4.69) is 34.0 Å². The second-order valence-corrected chi connectivity index (χ2v) is 5.68. The summed E-state index contributed by atoms with van der Waals surface area (Å²) in [5.41, 5.74) is 1.34. The molecule has 108 valence electrons. The van der Waals surface area contributed by atoms with Gasteiger partial charge in [0.1, 0.15) is 5.82 Å². The van der Waals surface area contributed by atoms with Crippen LogP contribution >= 0.6 is 11.6 Å². The normalized spacial score (nSPS) is 12.6. The van der Waals surface area contributed by atoms with Gasteiger partial charge in [0.2, 0.25) is 0 Å². The van der Waals surface area contributed by atoms with E-state index in [1.54, 1.807) is 0 Å². The van der Waals surface area contributed by atoms with E-state index in [9.17, 15) is 0 Å². The molecule has 2 aromatic rings. The van der Waals surface area contributed by atoms with Crippen molar-refractivity contribution < 1.29 is 0 Å². The lowest BCUT2D eigenvalue weighted by Crippen LogP contribution is -2.21. The number of nitrogens with one attached hydrogen (secondary N) is 1. The van der Waals surface area contributed by atoms with Crippen molar-refractivity contribution in [3.63, 3.8) is 0 Å². The van der Waals surface area contributed by atoms with Crippen molar-refractivity contribution in [3.8, 4) is 0 Å². The van der Waals surface area contributed by atoms with Crippen LogP contribution in [0.3, 0.4) is 0 Å².